The van der Waals surface area contributed by atoms with Gasteiger partial charge in [0, 0.05) is 13.1 Å². The molecule has 0 aromatic heterocycles. The Morgan fingerprint density at radius 1 is 1.41 bits per heavy atom. The number of unbranched alkanes of at least 4 members (excludes halogenated alkanes) is 1. The van der Waals surface area contributed by atoms with Crippen LogP contribution in [0.3, 0.4) is 0 Å². The molecule has 0 atom stereocenters. The predicted molar refractivity (Wildman–Crippen MR) is 66.2 cm³/mol. The minimum Gasteiger partial charge on any atom is -0.478 e. The van der Waals surface area contributed by atoms with Gasteiger partial charge in [0.05, 0.1) is 11.3 Å². The lowest BCUT2D eigenvalue weighted by molar-refractivity contribution is 0.0697. The van der Waals surface area contributed by atoms with Crippen LogP contribution in [0.2, 0.25) is 0 Å². The van der Waals surface area contributed by atoms with Crippen LogP contribution in [0.5, 0.6) is 0 Å². The Morgan fingerprint density at radius 2 is 2.12 bits per heavy atom. The first-order chi connectivity index (χ1) is 8.11. The number of nitrogens with zero attached hydrogens (tertiary/aromatic N) is 1. The molecule has 94 valence electrons. The van der Waals surface area contributed by atoms with E-state index in [9.17, 15) is 9.18 Å². The summed E-state index contributed by atoms with van der Waals surface area (Å²) in [6.45, 7) is 5.22. The molecule has 3 nitrogen and oxygen atoms in total. The summed E-state index contributed by atoms with van der Waals surface area (Å²) in [5, 5.41) is 9.07. The topological polar surface area (TPSA) is 40.5 Å². The molecule has 0 heterocycles. The highest BCUT2D eigenvalue weighted by atomic mass is 19.1. The Kier molecular flexibility index (Phi) is 4.94. The van der Waals surface area contributed by atoms with Crippen LogP contribution < -0.4 is 4.90 Å². The zero-order valence-electron chi connectivity index (χ0n) is 10.2. The highest BCUT2D eigenvalue weighted by Gasteiger charge is 2.18. The zero-order valence-corrected chi connectivity index (χ0v) is 10.2. The van der Waals surface area contributed by atoms with Gasteiger partial charge in [-0.3, -0.25) is 0 Å². The molecule has 0 spiro atoms. The van der Waals surface area contributed by atoms with Crippen LogP contribution in [0.4, 0.5) is 10.1 Å². The average molecular weight is 239 g/mol. The zero-order chi connectivity index (χ0) is 12.8. The fourth-order valence-corrected chi connectivity index (χ4v) is 1.79. The first-order valence-electron chi connectivity index (χ1n) is 5.88. The van der Waals surface area contributed by atoms with E-state index in [2.05, 4.69) is 0 Å². The van der Waals surface area contributed by atoms with Gasteiger partial charge in [-0.1, -0.05) is 19.4 Å². The van der Waals surface area contributed by atoms with E-state index >= 15 is 0 Å². The number of rotatable bonds is 6. The molecule has 0 fully saturated rings. The summed E-state index contributed by atoms with van der Waals surface area (Å²) in [5.74, 6) is -1.56. The van der Waals surface area contributed by atoms with Gasteiger partial charge in [0.25, 0.3) is 0 Å². The Morgan fingerprint density at radius 3 is 2.65 bits per heavy atom. The van der Waals surface area contributed by atoms with Crippen LogP contribution in [-0.2, 0) is 0 Å². The minimum absolute atomic E-state index is 0.0305. The number of carboxylic acids is 1. The highest BCUT2D eigenvalue weighted by Crippen LogP contribution is 2.24. The third kappa shape index (κ3) is 3.19. The predicted octanol–water partition coefficient (Wildman–Crippen LogP) is 3.15. The van der Waals surface area contributed by atoms with Crippen molar-refractivity contribution in [1.82, 2.24) is 0 Å². The molecule has 0 amide bonds. The minimum atomic E-state index is -1.09. The first kappa shape index (κ1) is 13.5. The van der Waals surface area contributed by atoms with Crippen molar-refractivity contribution in [3.8, 4) is 0 Å². The molecule has 0 aliphatic rings. The SMILES string of the molecule is CCCCN(CC)c1c(F)cccc1C(=O)O. The first-order valence-corrected chi connectivity index (χ1v) is 5.88. The number of hydrogen-bond donors (Lipinski definition) is 1. The summed E-state index contributed by atoms with van der Waals surface area (Å²) >= 11 is 0. The summed E-state index contributed by atoms with van der Waals surface area (Å²) in [5.41, 5.74) is 0.235. The normalized spacial score (nSPS) is 10.3. The van der Waals surface area contributed by atoms with E-state index < -0.39 is 11.8 Å². The Labute approximate surface area is 101 Å². The molecule has 0 aliphatic heterocycles. The summed E-state index contributed by atoms with van der Waals surface area (Å²) < 4.78 is 13.8. The second kappa shape index (κ2) is 6.23. The van der Waals surface area contributed by atoms with Crippen LogP contribution in [0.25, 0.3) is 0 Å². The quantitative estimate of drug-likeness (QED) is 0.829. The van der Waals surface area contributed by atoms with Crippen molar-refractivity contribution in [2.24, 2.45) is 0 Å². The van der Waals surface area contributed by atoms with E-state index in [0.29, 0.717) is 13.1 Å². The number of anilines is 1. The highest BCUT2D eigenvalue weighted by molar-refractivity contribution is 5.94. The number of benzene rings is 1. The standard InChI is InChI=1S/C13H18FNO2/c1-3-5-9-15(4-2)12-10(13(16)17)7-6-8-11(12)14/h6-8H,3-5,9H2,1-2H3,(H,16,17). The second-order valence-electron chi connectivity index (χ2n) is 3.87. The molecular weight excluding hydrogens is 221 g/mol. The molecule has 0 saturated heterocycles. The number of carbonyl (C=O) groups is 1. The molecule has 0 unspecified atom stereocenters. The maximum Gasteiger partial charge on any atom is 0.337 e. The van der Waals surface area contributed by atoms with E-state index in [0.717, 1.165) is 12.8 Å². The van der Waals surface area contributed by atoms with Gasteiger partial charge < -0.3 is 10.0 Å². The third-order valence-corrected chi connectivity index (χ3v) is 2.70. The molecule has 1 aromatic rings. The summed E-state index contributed by atoms with van der Waals surface area (Å²) in [4.78, 5) is 12.9. The van der Waals surface area contributed by atoms with Gasteiger partial charge >= 0.3 is 5.97 Å². The van der Waals surface area contributed by atoms with Gasteiger partial charge in [0.15, 0.2) is 0 Å². The van der Waals surface area contributed by atoms with Gasteiger partial charge in [-0.25, -0.2) is 9.18 Å². The van der Waals surface area contributed by atoms with Crippen molar-refractivity contribution in [3.63, 3.8) is 0 Å². The molecule has 0 saturated carbocycles. The third-order valence-electron chi connectivity index (χ3n) is 2.70. The van der Waals surface area contributed by atoms with E-state index in [1.807, 2.05) is 13.8 Å². The molecule has 1 rings (SSSR count). The van der Waals surface area contributed by atoms with Crippen molar-refractivity contribution < 1.29 is 14.3 Å². The monoisotopic (exact) mass is 239 g/mol. The van der Waals surface area contributed by atoms with E-state index in [4.69, 9.17) is 5.11 Å². The number of carboxylic acid groups (broad SMARTS) is 1. The lowest BCUT2D eigenvalue weighted by Gasteiger charge is -2.24. The van der Waals surface area contributed by atoms with E-state index in [1.54, 1.807) is 4.90 Å². The summed E-state index contributed by atoms with van der Waals surface area (Å²) in [6.07, 6.45) is 1.91. The smallest absolute Gasteiger partial charge is 0.337 e. The Hall–Kier alpha value is -1.58. The van der Waals surface area contributed by atoms with Crippen molar-refractivity contribution in [2.75, 3.05) is 18.0 Å². The van der Waals surface area contributed by atoms with Crippen LogP contribution in [0, 0.1) is 5.82 Å². The van der Waals surface area contributed by atoms with Crippen LogP contribution in [-0.4, -0.2) is 24.2 Å². The Balaban J connectivity index is 3.11. The van der Waals surface area contributed by atoms with Crippen LogP contribution in [0.1, 0.15) is 37.0 Å². The van der Waals surface area contributed by atoms with E-state index in [1.165, 1.54) is 18.2 Å². The van der Waals surface area contributed by atoms with Gasteiger partial charge in [-0.15, -0.1) is 0 Å². The van der Waals surface area contributed by atoms with Crippen molar-refractivity contribution >= 4 is 11.7 Å². The molecule has 4 heteroatoms. The largest absolute Gasteiger partial charge is 0.478 e. The number of aromatic carboxylic acids is 1. The van der Waals surface area contributed by atoms with Gasteiger partial charge in [-0.05, 0) is 25.5 Å². The van der Waals surface area contributed by atoms with Crippen molar-refractivity contribution in [1.29, 1.82) is 0 Å². The van der Waals surface area contributed by atoms with Gasteiger partial charge in [-0.2, -0.15) is 0 Å². The molecule has 0 bridgehead atoms. The maximum absolute atomic E-state index is 13.8. The number of hydrogen-bond acceptors (Lipinski definition) is 2. The fourth-order valence-electron chi connectivity index (χ4n) is 1.79. The lowest BCUT2D eigenvalue weighted by Crippen LogP contribution is -2.27. The molecular formula is C13H18FNO2. The van der Waals surface area contributed by atoms with Gasteiger partial charge in [0.1, 0.15) is 5.82 Å². The summed E-state index contributed by atoms with van der Waals surface area (Å²) in [6, 6.07) is 4.17. The number of halogens is 1. The van der Waals surface area contributed by atoms with Gasteiger partial charge in [0.2, 0.25) is 0 Å². The van der Waals surface area contributed by atoms with Crippen molar-refractivity contribution in [3.05, 3.63) is 29.6 Å². The summed E-state index contributed by atoms with van der Waals surface area (Å²) in [7, 11) is 0. The average Bonchev–Trinajstić information content (AvgIpc) is 2.31. The fraction of sp³-hybridized carbons (Fsp3) is 0.462. The molecule has 1 N–H and O–H groups in total. The lowest BCUT2D eigenvalue weighted by atomic mass is 10.1. The van der Waals surface area contributed by atoms with Crippen molar-refractivity contribution in [2.45, 2.75) is 26.7 Å². The number of para-hydroxylation sites is 1. The Bertz CT molecular complexity index is 393. The van der Waals surface area contributed by atoms with Crippen LogP contribution >= 0.6 is 0 Å². The van der Waals surface area contributed by atoms with Crippen LogP contribution in [0.15, 0.2) is 18.2 Å². The maximum atomic E-state index is 13.8. The molecule has 1 aromatic carbocycles. The second-order valence-corrected chi connectivity index (χ2v) is 3.87. The molecule has 17 heavy (non-hydrogen) atoms. The molecule has 0 aliphatic carbocycles. The molecule has 0 radical (unpaired) electrons. The van der Waals surface area contributed by atoms with E-state index in [-0.39, 0.29) is 11.3 Å².